The lowest BCUT2D eigenvalue weighted by Crippen LogP contribution is -2.61. The average molecular weight is 744 g/mol. The zero-order valence-corrected chi connectivity index (χ0v) is 29.8. The number of carboxylic acids is 1. The standard InChI is InChI=1S/C31H53N9O12/c1-14(2)12-19(37-25(45)15(3)35-28(48)20(13-41)38-26(46)17(32)7-9-22(33)43)27(47)39-24(16(4)42)29(49)36-18(8-10-23(34)44)30(50)40-11-5-6-21(40)31(51)52/h14-21,24,41-42H,5-13,32H2,1-4H3,(H2,33,43)(H2,34,44)(H,35,48)(H,36,49)(H,37,45)(H,38,46)(H,39,47)(H,51,52)/t15-,16+,17-,18-,19-,20-,21-,24-/m0/s1. The summed E-state index contributed by atoms with van der Waals surface area (Å²) >= 11 is 0. The molecule has 1 fully saturated rings. The zero-order valence-electron chi connectivity index (χ0n) is 29.8. The van der Waals surface area contributed by atoms with E-state index in [1.807, 2.05) is 0 Å². The first-order chi connectivity index (χ1) is 24.2. The Kier molecular flexibility index (Phi) is 18.6. The molecule has 14 N–H and O–H groups in total. The molecule has 0 unspecified atom stereocenters. The number of carbonyl (C=O) groups is 9. The molecule has 0 saturated carbocycles. The van der Waals surface area contributed by atoms with Gasteiger partial charge in [0.2, 0.25) is 47.3 Å². The van der Waals surface area contributed by atoms with Crippen molar-refractivity contribution in [1.82, 2.24) is 31.5 Å². The van der Waals surface area contributed by atoms with Gasteiger partial charge < -0.3 is 64.0 Å². The Morgan fingerprint density at radius 3 is 1.79 bits per heavy atom. The van der Waals surface area contributed by atoms with Crippen LogP contribution >= 0.6 is 0 Å². The summed E-state index contributed by atoms with van der Waals surface area (Å²) in [4.78, 5) is 113. The Bertz CT molecular complexity index is 1330. The molecule has 0 radical (unpaired) electrons. The van der Waals surface area contributed by atoms with E-state index in [2.05, 4.69) is 26.6 Å². The Hall–Kier alpha value is -4.89. The third kappa shape index (κ3) is 14.8. The number of carboxylic acid groups (broad SMARTS) is 1. The monoisotopic (exact) mass is 743 g/mol. The highest BCUT2D eigenvalue weighted by Gasteiger charge is 2.39. The van der Waals surface area contributed by atoms with Crippen molar-refractivity contribution in [3.05, 3.63) is 0 Å². The van der Waals surface area contributed by atoms with E-state index >= 15 is 0 Å². The van der Waals surface area contributed by atoms with Crippen LogP contribution < -0.4 is 43.8 Å². The van der Waals surface area contributed by atoms with Crippen LogP contribution in [0.4, 0.5) is 0 Å². The fraction of sp³-hybridized carbons (Fsp3) is 0.710. The predicted octanol–water partition coefficient (Wildman–Crippen LogP) is -5.22. The molecule has 52 heavy (non-hydrogen) atoms. The van der Waals surface area contributed by atoms with Crippen molar-refractivity contribution < 1.29 is 58.5 Å². The fourth-order valence-corrected chi connectivity index (χ4v) is 5.23. The van der Waals surface area contributed by atoms with Gasteiger partial charge in [-0.3, -0.25) is 38.4 Å². The van der Waals surface area contributed by atoms with Gasteiger partial charge in [-0.2, -0.15) is 0 Å². The molecule has 1 aliphatic heterocycles. The van der Waals surface area contributed by atoms with Gasteiger partial charge in [0.05, 0.1) is 18.8 Å². The van der Waals surface area contributed by atoms with Gasteiger partial charge in [0.15, 0.2) is 0 Å². The maximum atomic E-state index is 13.4. The minimum Gasteiger partial charge on any atom is -0.480 e. The summed E-state index contributed by atoms with van der Waals surface area (Å²) in [5.74, 6) is -8.38. The summed E-state index contributed by atoms with van der Waals surface area (Å²) in [6, 6.07) is -9.63. The average Bonchev–Trinajstić information content (AvgIpc) is 3.55. The molecule has 8 amide bonds. The number of nitrogens with one attached hydrogen (secondary N) is 5. The van der Waals surface area contributed by atoms with Crippen molar-refractivity contribution in [3.8, 4) is 0 Å². The first kappa shape index (κ1) is 45.1. The quantitative estimate of drug-likeness (QED) is 0.0495. The third-order valence-electron chi connectivity index (χ3n) is 8.12. The smallest absolute Gasteiger partial charge is 0.326 e. The van der Waals surface area contributed by atoms with E-state index in [1.54, 1.807) is 13.8 Å². The van der Waals surface area contributed by atoms with Crippen molar-refractivity contribution in [2.75, 3.05) is 13.2 Å². The van der Waals surface area contributed by atoms with Gasteiger partial charge in [-0.1, -0.05) is 13.8 Å². The van der Waals surface area contributed by atoms with Gasteiger partial charge in [-0.15, -0.1) is 0 Å². The highest BCUT2D eigenvalue weighted by Crippen LogP contribution is 2.20. The maximum Gasteiger partial charge on any atom is 0.326 e. The van der Waals surface area contributed by atoms with Gasteiger partial charge in [-0.05, 0) is 51.9 Å². The van der Waals surface area contributed by atoms with Gasteiger partial charge in [0.25, 0.3) is 0 Å². The van der Waals surface area contributed by atoms with E-state index in [1.165, 1.54) is 13.8 Å². The minimum absolute atomic E-state index is 0.0240. The van der Waals surface area contributed by atoms with E-state index in [0.717, 1.165) is 4.90 Å². The van der Waals surface area contributed by atoms with E-state index < -0.39 is 108 Å². The zero-order chi connectivity index (χ0) is 39.9. The van der Waals surface area contributed by atoms with Crippen LogP contribution in [0.2, 0.25) is 0 Å². The summed E-state index contributed by atoms with van der Waals surface area (Å²) in [6.07, 6.45) is -1.89. The van der Waals surface area contributed by atoms with Crippen LogP contribution in [0.3, 0.4) is 0 Å². The Balaban J connectivity index is 3.05. The number of rotatable bonds is 22. The van der Waals surface area contributed by atoms with Crippen LogP contribution in [0.25, 0.3) is 0 Å². The largest absolute Gasteiger partial charge is 0.480 e. The maximum absolute atomic E-state index is 13.4. The second-order valence-corrected chi connectivity index (χ2v) is 13.1. The number of hydrogen-bond donors (Lipinski definition) is 11. The highest BCUT2D eigenvalue weighted by molar-refractivity contribution is 5.97. The summed E-state index contributed by atoms with van der Waals surface area (Å²) < 4.78 is 0. The summed E-state index contributed by atoms with van der Waals surface area (Å²) in [6.45, 7) is 5.13. The predicted molar refractivity (Wildman–Crippen MR) is 181 cm³/mol. The minimum atomic E-state index is -1.68. The number of hydrogen-bond acceptors (Lipinski definition) is 12. The van der Waals surface area contributed by atoms with E-state index in [-0.39, 0.29) is 51.0 Å². The number of aliphatic hydroxyl groups is 2. The molecule has 0 bridgehead atoms. The molecule has 1 rings (SSSR count). The second kappa shape index (κ2) is 21.5. The molecule has 0 aromatic rings. The normalized spacial score (nSPS) is 18.1. The number of likely N-dealkylation sites (tertiary alicyclic amines) is 1. The molecule has 21 heteroatoms. The van der Waals surface area contributed by atoms with Crippen molar-refractivity contribution in [2.45, 2.75) is 121 Å². The van der Waals surface area contributed by atoms with Crippen LogP contribution in [-0.2, 0) is 43.2 Å². The van der Waals surface area contributed by atoms with Gasteiger partial charge >= 0.3 is 5.97 Å². The number of nitrogens with zero attached hydrogens (tertiary/aromatic N) is 1. The Morgan fingerprint density at radius 1 is 0.731 bits per heavy atom. The molecule has 21 nitrogen and oxygen atoms in total. The van der Waals surface area contributed by atoms with Gasteiger partial charge in [0.1, 0.15) is 36.3 Å². The van der Waals surface area contributed by atoms with Crippen molar-refractivity contribution in [1.29, 1.82) is 0 Å². The van der Waals surface area contributed by atoms with Crippen LogP contribution in [0.1, 0.15) is 72.6 Å². The number of aliphatic carboxylic acids is 1. The lowest BCUT2D eigenvalue weighted by Gasteiger charge is -2.30. The molecule has 1 heterocycles. The van der Waals surface area contributed by atoms with Crippen LogP contribution in [0, 0.1) is 5.92 Å². The molecule has 0 aromatic heterocycles. The molecule has 294 valence electrons. The number of carbonyl (C=O) groups excluding carboxylic acids is 8. The van der Waals surface area contributed by atoms with Crippen molar-refractivity contribution in [2.24, 2.45) is 23.1 Å². The number of primary amides is 2. The lowest BCUT2D eigenvalue weighted by atomic mass is 10.0. The highest BCUT2D eigenvalue weighted by atomic mass is 16.4. The molecule has 0 aromatic carbocycles. The molecule has 1 saturated heterocycles. The fourth-order valence-electron chi connectivity index (χ4n) is 5.23. The number of nitrogens with two attached hydrogens (primary N) is 3. The van der Waals surface area contributed by atoms with Crippen molar-refractivity contribution in [3.63, 3.8) is 0 Å². The first-order valence-electron chi connectivity index (χ1n) is 16.9. The molecule has 0 spiro atoms. The Morgan fingerprint density at radius 2 is 1.27 bits per heavy atom. The lowest BCUT2D eigenvalue weighted by molar-refractivity contribution is -0.149. The summed E-state index contributed by atoms with van der Waals surface area (Å²) in [5, 5.41) is 41.3. The van der Waals surface area contributed by atoms with Crippen LogP contribution in [-0.4, -0.2) is 135 Å². The molecule has 1 aliphatic rings. The van der Waals surface area contributed by atoms with Gasteiger partial charge in [0, 0.05) is 19.4 Å². The van der Waals surface area contributed by atoms with Crippen LogP contribution in [0.15, 0.2) is 0 Å². The molecular formula is C31H53N9O12. The van der Waals surface area contributed by atoms with E-state index in [0.29, 0.717) is 6.42 Å². The van der Waals surface area contributed by atoms with Crippen LogP contribution in [0.5, 0.6) is 0 Å². The molecular weight excluding hydrogens is 690 g/mol. The van der Waals surface area contributed by atoms with E-state index in [4.69, 9.17) is 17.2 Å². The molecule has 0 aliphatic carbocycles. The topological polar surface area (TPSA) is 356 Å². The number of aliphatic hydroxyl groups excluding tert-OH is 2. The second-order valence-electron chi connectivity index (χ2n) is 13.1. The number of amides is 8. The van der Waals surface area contributed by atoms with Gasteiger partial charge in [-0.25, -0.2) is 4.79 Å². The Labute approximate surface area is 300 Å². The van der Waals surface area contributed by atoms with Crippen molar-refractivity contribution >= 4 is 53.2 Å². The third-order valence-corrected chi connectivity index (χ3v) is 8.12. The summed E-state index contributed by atoms with van der Waals surface area (Å²) in [7, 11) is 0. The SMILES string of the molecule is CC(C)C[C@H](NC(=O)[C@H](C)NC(=O)[C@H](CO)NC(=O)[C@@H](N)CCC(N)=O)C(=O)N[C@H](C(=O)N[C@@H](CCC(N)=O)C(=O)N1CCC[C@H]1C(=O)O)[C@@H](C)O. The van der Waals surface area contributed by atoms with E-state index in [9.17, 15) is 58.5 Å². The summed E-state index contributed by atoms with van der Waals surface area (Å²) in [5.41, 5.74) is 16.0. The first-order valence-corrected chi connectivity index (χ1v) is 16.9. The molecule has 8 atom stereocenters.